The first-order valence-electron chi connectivity index (χ1n) is 8.25. The zero-order valence-corrected chi connectivity index (χ0v) is 14.1. The third-order valence-corrected chi connectivity index (χ3v) is 4.22. The van der Waals surface area contributed by atoms with Crippen molar-refractivity contribution in [1.29, 1.82) is 0 Å². The van der Waals surface area contributed by atoms with Crippen molar-refractivity contribution < 1.29 is 19.5 Å². The van der Waals surface area contributed by atoms with Crippen LogP contribution in [0.5, 0.6) is 0 Å². The number of anilines is 1. The molecule has 0 bridgehead atoms. The van der Waals surface area contributed by atoms with E-state index < -0.39 is 6.10 Å². The molecule has 2 N–H and O–H groups in total. The maximum atomic E-state index is 12.6. The second-order valence-electron chi connectivity index (χ2n) is 6.20. The number of aryl methyl sites for hydroxylation is 1. The molecule has 0 aliphatic carbocycles. The number of aromatic nitrogens is 2. The van der Waals surface area contributed by atoms with Crippen LogP contribution in [0.2, 0.25) is 0 Å². The maximum absolute atomic E-state index is 12.6. The molecule has 1 aliphatic rings. The van der Waals surface area contributed by atoms with Crippen LogP contribution < -0.4 is 4.90 Å². The van der Waals surface area contributed by atoms with Crippen molar-refractivity contribution in [2.45, 2.75) is 26.1 Å². The lowest BCUT2D eigenvalue weighted by Gasteiger charge is -2.21. The molecule has 0 saturated carbocycles. The number of aliphatic hydroxyl groups is 2. The van der Waals surface area contributed by atoms with Crippen LogP contribution in [0.25, 0.3) is 0 Å². The van der Waals surface area contributed by atoms with Gasteiger partial charge in [0.2, 0.25) is 11.8 Å². The first-order chi connectivity index (χ1) is 12.0. The highest BCUT2D eigenvalue weighted by molar-refractivity contribution is 5.79. The van der Waals surface area contributed by atoms with Crippen molar-refractivity contribution in [3.63, 3.8) is 0 Å². The topological polar surface area (TPSA) is 103 Å². The maximum Gasteiger partial charge on any atom is 0.266 e. The van der Waals surface area contributed by atoms with Crippen LogP contribution in [-0.4, -0.2) is 63.4 Å². The Bertz CT molecular complexity index is 716. The zero-order chi connectivity index (χ0) is 17.8. The Kier molecular flexibility index (Phi) is 5.30. The average molecular weight is 346 g/mol. The molecule has 0 radical (unpaired) electrons. The zero-order valence-electron chi connectivity index (χ0n) is 14.1. The normalized spacial score (nSPS) is 18.3. The Morgan fingerprint density at radius 3 is 2.60 bits per heavy atom. The van der Waals surface area contributed by atoms with Crippen molar-refractivity contribution in [1.82, 2.24) is 15.0 Å². The Morgan fingerprint density at radius 1 is 1.24 bits per heavy atom. The molecule has 1 aromatic heterocycles. The highest BCUT2D eigenvalue weighted by atomic mass is 16.5. The van der Waals surface area contributed by atoms with E-state index in [9.17, 15) is 9.90 Å². The van der Waals surface area contributed by atoms with Gasteiger partial charge in [-0.15, -0.1) is 0 Å². The van der Waals surface area contributed by atoms with Gasteiger partial charge in [0.05, 0.1) is 19.1 Å². The van der Waals surface area contributed by atoms with Crippen LogP contribution in [0.15, 0.2) is 28.8 Å². The summed E-state index contributed by atoms with van der Waals surface area (Å²) in [6.07, 6.45) is -0.415. The quantitative estimate of drug-likeness (QED) is 0.811. The number of carbonyl (C=O) groups excluding carboxylic acids is 1. The Balaban J connectivity index is 1.62. The minimum absolute atomic E-state index is 0.0159. The van der Waals surface area contributed by atoms with E-state index in [1.165, 1.54) is 0 Å². The molecule has 1 fully saturated rings. The molecule has 2 heterocycles. The Hall–Kier alpha value is -2.45. The number of rotatable bonds is 4. The fourth-order valence-corrected chi connectivity index (χ4v) is 2.86. The summed E-state index contributed by atoms with van der Waals surface area (Å²) in [5.74, 6) is 0.861. The van der Waals surface area contributed by atoms with Crippen LogP contribution in [0, 0.1) is 6.92 Å². The number of hydrogen-bond donors (Lipinski definition) is 2. The van der Waals surface area contributed by atoms with Gasteiger partial charge in [-0.3, -0.25) is 4.79 Å². The number of amides is 1. The van der Waals surface area contributed by atoms with Gasteiger partial charge in [-0.25, -0.2) is 0 Å². The minimum atomic E-state index is -0.679. The number of β-amino-alcohol motifs (C(OH)–C–C–N with tert-alkyl or cyclic N) is 1. The van der Waals surface area contributed by atoms with Gasteiger partial charge in [0.1, 0.15) is 0 Å². The fourth-order valence-electron chi connectivity index (χ4n) is 2.86. The molecular formula is C17H22N4O4. The molecule has 1 saturated heterocycles. The van der Waals surface area contributed by atoms with Crippen LogP contribution in [-0.2, 0) is 17.8 Å². The van der Waals surface area contributed by atoms with E-state index >= 15 is 0 Å². The minimum Gasteiger partial charge on any atom is -0.392 e. The van der Waals surface area contributed by atoms with Gasteiger partial charge in [-0.05, 0) is 16.3 Å². The molecule has 1 aromatic carbocycles. The summed E-state index contributed by atoms with van der Waals surface area (Å²) < 4.78 is 4.98. The van der Waals surface area contributed by atoms with Gasteiger partial charge < -0.3 is 24.5 Å². The van der Waals surface area contributed by atoms with E-state index in [0.717, 1.165) is 11.1 Å². The highest BCUT2D eigenvalue weighted by Crippen LogP contribution is 2.14. The van der Waals surface area contributed by atoms with Crippen LogP contribution in [0.4, 0.5) is 5.95 Å². The second-order valence-corrected chi connectivity index (χ2v) is 6.20. The predicted octanol–water partition coefficient (Wildman–Crippen LogP) is 0.123. The molecule has 25 heavy (non-hydrogen) atoms. The molecule has 0 spiro atoms. The summed E-state index contributed by atoms with van der Waals surface area (Å²) >= 11 is 0. The summed E-state index contributed by atoms with van der Waals surface area (Å²) in [7, 11) is 0. The summed E-state index contributed by atoms with van der Waals surface area (Å²) in [6.45, 7) is 3.35. The van der Waals surface area contributed by atoms with Crippen LogP contribution in [0.3, 0.4) is 0 Å². The standard InChI is InChI=1S/C17H22N4O4/c1-12-18-17(19-25-12)21-7-6-20(9-15(23)10-21)16(24)8-13-2-4-14(11-22)5-3-13/h2-5,15,22-23H,6-11H2,1H3/t15-/m1/s1. The molecule has 2 aromatic rings. The average Bonchev–Trinajstić information content (AvgIpc) is 2.93. The number of hydrogen-bond acceptors (Lipinski definition) is 7. The molecule has 0 unspecified atom stereocenters. The first kappa shape index (κ1) is 17.4. The first-order valence-corrected chi connectivity index (χ1v) is 8.25. The van der Waals surface area contributed by atoms with Crippen molar-refractivity contribution in [2.24, 2.45) is 0 Å². The van der Waals surface area contributed by atoms with E-state index in [0.29, 0.717) is 31.5 Å². The second kappa shape index (κ2) is 7.62. The van der Waals surface area contributed by atoms with Gasteiger partial charge in [0.15, 0.2) is 0 Å². The molecule has 3 rings (SSSR count). The van der Waals surface area contributed by atoms with Crippen LogP contribution >= 0.6 is 0 Å². The molecule has 134 valence electrons. The SMILES string of the molecule is Cc1nc(N2CCN(C(=O)Cc3ccc(CO)cc3)C[C@@H](O)C2)no1. The molecule has 1 amide bonds. The third-order valence-electron chi connectivity index (χ3n) is 4.22. The van der Waals surface area contributed by atoms with Crippen molar-refractivity contribution in [3.05, 3.63) is 41.3 Å². The summed E-state index contributed by atoms with van der Waals surface area (Å²) in [6, 6.07) is 7.29. The molecule has 8 heteroatoms. The van der Waals surface area contributed by atoms with Gasteiger partial charge in [0.25, 0.3) is 5.95 Å². The largest absolute Gasteiger partial charge is 0.392 e. The Morgan fingerprint density at radius 2 is 1.96 bits per heavy atom. The van der Waals surface area contributed by atoms with E-state index in [-0.39, 0.29) is 25.5 Å². The summed E-state index contributed by atoms with van der Waals surface area (Å²) in [4.78, 5) is 20.2. The predicted molar refractivity (Wildman–Crippen MR) is 89.9 cm³/mol. The molecular weight excluding hydrogens is 324 g/mol. The van der Waals surface area contributed by atoms with Gasteiger partial charge in [0, 0.05) is 33.1 Å². The lowest BCUT2D eigenvalue weighted by atomic mass is 10.1. The third kappa shape index (κ3) is 4.34. The lowest BCUT2D eigenvalue weighted by molar-refractivity contribution is -0.131. The van der Waals surface area contributed by atoms with Crippen LogP contribution in [0.1, 0.15) is 17.0 Å². The number of carbonyl (C=O) groups is 1. The monoisotopic (exact) mass is 346 g/mol. The molecule has 1 aliphatic heterocycles. The smallest absolute Gasteiger partial charge is 0.266 e. The van der Waals surface area contributed by atoms with E-state index in [1.54, 1.807) is 24.0 Å². The van der Waals surface area contributed by atoms with E-state index in [4.69, 9.17) is 9.63 Å². The highest BCUT2D eigenvalue weighted by Gasteiger charge is 2.26. The molecule has 1 atom stereocenters. The fraction of sp³-hybridized carbons (Fsp3) is 0.471. The van der Waals surface area contributed by atoms with Crippen molar-refractivity contribution in [2.75, 3.05) is 31.1 Å². The van der Waals surface area contributed by atoms with Gasteiger partial charge in [-0.2, -0.15) is 4.98 Å². The summed E-state index contributed by atoms with van der Waals surface area (Å²) in [5, 5.41) is 23.2. The van der Waals surface area contributed by atoms with E-state index in [1.807, 2.05) is 17.0 Å². The number of benzene rings is 1. The number of nitrogens with zero attached hydrogens (tertiary/aromatic N) is 4. The Labute approximate surface area is 145 Å². The number of aliphatic hydroxyl groups excluding tert-OH is 2. The van der Waals surface area contributed by atoms with Crippen molar-refractivity contribution in [3.8, 4) is 0 Å². The van der Waals surface area contributed by atoms with Gasteiger partial charge >= 0.3 is 0 Å². The van der Waals surface area contributed by atoms with E-state index in [2.05, 4.69) is 10.1 Å². The lowest BCUT2D eigenvalue weighted by Crippen LogP contribution is -2.38. The summed E-state index contributed by atoms with van der Waals surface area (Å²) in [5.41, 5.74) is 1.69. The van der Waals surface area contributed by atoms with Gasteiger partial charge in [-0.1, -0.05) is 24.3 Å². The van der Waals surface area contributed by atoms with Crippen molar-refractivity contribution >= 4 is 11.9 Å². The molecule has 8 nitrogen and oxygen atoms in total.